The summed E-state index contributed by atoms with van der Waals surface area (Å²) >= 11 is 5.99. The van der Waals surface area contributed by atoms with Gasteiger partial charge in [0.25, 0.3) is 5.91 Å². The summed E-state index contributed by atoms with van der Waals surface area (Å²) in [4.78, 5) is 61.0. The van der Waals surface area contributed by atoms with Crippen LogP contribution in [0, 0.1) is 0 Å². The maximum atomic E-state index is 12.9. The second kappa shape index (κ2) is 13.8. The van der Waals surface area contributed by atoms with Gasteiger partial charge in [-0.2, -0.15) is 28.1 Å². The molecule has 0 radical (unpaired) electrons. The number of likely N-dealkylation sites (N-methyl/N-ethyl adjacent to an activating group) is 1. The minimum atomic E-state index is -4.64. The van der Waals surface area contributed by atoms with Gasteiger partial charge < -0.3 is 36.0 Å². The molecule has 244 valence electrons. The molecule has 3 amide bonds. The second-order valence-electron chi connectivity index (χ2n) is 10.4. The topological polar surface area (TPSA) is 188 Å². The number of carboxylic acid groups (broad SMARTS) is 1. The zero-order valence-electron chi connectivity index (χ0n) is 24.3. The maximum absolute atomic E-state index is 12.9. The number of carbonyl (C=O) groups excluding carboxylic acids is 3. The quantitative estimate of drug-likeness (QED) is 0.179. The predicted octanol–water partition coefficient (Wildman–Crippen LogP) is 2.70. The van der Waals surface area contributed by atoms with E-state index in [4.69, 9.17) is 16.3 Å². The number of carboxylic acids is 1. The highest BCUT2D eigenvalue weighted by Crippen LogP contribution is 2.48. The molecule has 1 atom stereocenters. The van der Waals surface area contributed by atoms with Crippen LogP contribution in [0.15, 0.2) is 48.5 Å². The molecule has 1 aromatic heterocycles. The first kappa shape index (κ1) is 33.7. The van der Waals surface area contributed by atoms with Gasteiger partial charge in [-0.15, -0.1) is 0 Å². The Kier molecular flexibility index (Phi) is 10.1. The fourth-order valence-corrected chi connectivity index (χ4v) is 4.15. The molecule has 1 saturated carbocycles. The van der Waals surface area contributed by atoms with E-state index in [-0.39, 0.29) is 17.5 Å². The number of nitrogens with one attached hydrogen (secondary N) is 4. The van der Waals surface area contributed by atoms with Crippen molar-refractivity contribution in [1.82, 2.24) is 30.5 Å². The highest BCUT2D eigenvalue weighted by atomic mass is 35.5. The molecule has 0 bridgehead atoms. The van der Waals surface area contributed by atoms with Crippen LogP contribution in [0.3, 0.4) is 0 Å². The van der Waals surface area contributed by atoms with Crippen molar-refractivity contribution >= 4 is 52.9 Å². The lowest BCUT2D eigenvalue weighted by Crippen LogP contribution is -2.50. The van der Waals surface area contributed by atoms with Crippen molar-refractivity contribution in [2.24, 2.45) is 0 Å². The van der Waals surface area contributed by atoms with Gasteiger partial charge in [0, 0.05) is 36.9 Å². The average molecular weight is 665 g/mol. The number of aromatic nitrogens is 3. The molecule has 5 N–H and O–H groups in total. The summed E-state index contributed by atoms with van der Waals surface area (Å²) in [5.74, 6) is -4.38. The molecule has 1 aliphatic carbocycles. The molecule has 0 spiro atoms. The number of nitrogens with zero attached hydrogens (tertiary/aromatic N) is 4. The van der Waals surface area contributed by atoms with Crippen LogP contribution in [-0.4, -0.2) is 88.1 Å². The lowest BCUT2D eigenvalue weighted by atomic mass is 10.1. The number of anilines is 3. The summed E-state index contributed by atoms with van der Waals surface area (Å²) in [6, 6.07) is 10.5. The third-order valence-electron chi connectivity index (χ3n) is 6.55. The van der Waals surface area contributed by atoms with Crippen LogP contribution in [0.2, 0.25) is 5.02 Å². The number of ether oxygens (including phenoxy) is 1. The molecule has 46 heavy (non-hydrogen) atoms. The molecular weight excluding hydrogens is 637 g/mol. The van der Waals surface area contributed by atoms with Crippen LogP contribution >= 0.6 is 11.6 Å². The Morgan fingerprint density at radius 1 is 1.00 bits per heavy atom. The van der Waals surface area contributed by atoms with E-state index in [9.17, 15) is 37.5 Å². The zero-order chi connectivity index (χ0) is 33.6. The fourth-order valence-electron chi connectivity index (χ4n) is 4.02. The lowest BCUT2D eigenvalue weighted by Gasteiger charge is -2.19. The van der Waals surface area contributed by atoms with Crippen molar-refractivity contribution in [3.63, 3.8) is 0 Å². The number of aliphatic carboxylic acids is 1. The zero-order valence-corrected chi connectivity index (χ0v) is 25.1. The second-order valence-corrected chi connectivity index (χ2v) is 10.8. The third kappa shape index (κ3) is 9.16. The molecular formula is C28H28ClF3N8O6. The molecule has 1 heterocycles. The molecule has 1 aliphatic rings. The van der Waals surface area contributed by atoms with E-state index in [0.717, 1.165) is 10.5 Å². The van der Waals surface area contributed by atoms with Gasteiger partial charge in [0.05, 0.1) is 5.54 Å². The lowest BCUT2D eigenvalue weighted by molar-refractivity contribution is -0.154. The largest absolute Gasteiger partial charge is 0.480 e. The van der Waals surface area contributed by atoms with Crippen LogP contribution in [0.25, 0.3) is 0 Å². The van der Waals surface area contributed by atoms with Gasteiger partial charge in [0.15, 0.2) is 6.61 Å². The maximum Gasteiger partial charge on any atom is 0.422 e. The van der Waals surface area contributed by atoms with Crippen molar-refractivity contribution in [3.8, 4) is 6.01 Å². The Bertz CT molecular complexity index is 1600. The Morgan fingerprint density at radius 3 is 2.20 bits per heavy atom. The van der Waals surface area contributed by atoms with Crippen LogP contribution in [-0.2, 0) is 19.9 Å². The van der Waals surface area contributed by atoms with Gasteiger partial charge in [0.2, 0.25) is 11.9 Å². The minimum Gasteiger partial charge on any atom is -0.480 e. The Hall–Kier alpha value is -5.19. The number of rotatable bonds is 12. The highest BCUT2D eigenvalue weighted by molar-refractivity contribution is 6.34. The average Bonchev–Trinajstić information content (AvgIpc) is 3.77. The highest BCUT2D eigenvalue weighted by Gasteiger charge is 2.45. The van der Waals surface area contributed by atoms with Gasteiger partial charge in [-0.3, -0.25) is 14.4 Å². The van der Waals surface area contributed by atoms with Crippen molar-refractivity contribution in [2.45, 2.75) is 30.6 Å². The standard InChI is InChI=1S/C28H28ClF3N8O6/c1-40(2)22(43)21(42)33-13-19(23(44)45)35-20(41)15-3-9-18(10-4-15)34-24-36-25(38-26(37-24)46-14-28(30,31)32)39-27(11-12-27)16-5-7-17(29)8-6-16/h3-10,19H,11-14H2,1-2H3,(H,33,42)(H,35,41)(H,44,45)(H2,34,36,37,38,39). The van der Waals surface area contributed by atoms with E-state index >= 15 is 0 Å². The Labute approximate surface area is 264 Å². The third-order valence-corrected chi connectivity index (χ3v) is 6.80. The number of hydrogen-bond donors (Lipinski definition) is 5. The van der Waals surface area contributed by atoms with Gasteiger partial charge in [-0.25, -0.2) is 4.79 Å². The first-order valence-corrected chi connectivity index (χ1v) is 13.9. The normalized spacial score (nSPS) is 14.0. The Morgan fingerprint density at radius 2 is 1.63 bits per heavy atom. The number of carbonyl (C=O) groups is 4. The number of hydrogen-bond acceptors (Lipinski definition) is 10. The van der Waals surface area contributed by atoms with E-state index in [1.165, 1.54) is 38.4 Å². The molecule has 3 aromatic rings. The summed E-state index contributed by atoms with van der Waals surface area (Å²) in [5.41, 5.74) is 0.683. The smallest absolute Gasteiger partial charge is 0.422 e. The number of amides is 3. The summed E-state index contributed by atoms with van der Waals surface area (Å²) in [5, 5.41) is 20.4. The molecule has 4 rings (SSSR count). The first-order valence-electron chi connectivity index (χ1n) is 13.5. The van der Waals surface area contributed by atoms with Gasteiger partial charge in [-0.05, 0) is 54.8 Å². The van der Waals surface area contributed by atoms with E-state index in [0.29, 0.717) is 23.6 Å². The van der Waals surface area contributed by atoms with Crippen LogP contribution in [0.5, 0.6) is 6.01 Å². The number of halogens is 4. The molecule has 0 saturated heterocycles. The molecule has 14 nitrogen and oxygen atoms in total. The van der Waals surface area contributed by atoms with Gasteiger partial charge >= 0.3 is 30.0 Å². The molecule has 1 unspecified atom stereocenters. The predicted molar refractivity (Wildman–Crippen MR) is 158 cm³/mol. The van der Waals surface area contributed by atoms with Gasteiger partial charge in [0.1, 0.15) is 6.04 Å². The summed E-state index contributed by atoms with van der Waals surface area (Å²) in [7, 11) is 2.70. The van der Waals surface area contributed by atoms with E-state index < -0.39 is 60.6 Å². The summed E-state index contributed by atoms with van der Waals surface area (Å²) < 4.78 is 43.3. The van der Waals surface area contributed by atoms with Crippen LogP contribution in [0.1, 0.15) is 28.8 Å². The van der Waals surface area contributed by atoms with Crippen LogP contribution in [0.4, 0.5) is 30.8 Å². The molecule has 0 aliphatic heterocycles. The van der Waals surface area contributed by atoms with Crippen molar-refractivity contribution in [2.75, 3.05) is 37.9 Å². The monoisotopic (exact) mass is 664 g/mol. The van der Waals surface area contributed by atoms with Crippen molar-refractivity contribution < 1.29 is 42.2 Å². The Balaban J connectivity index is 1.46. The van der Waals surface area contributed by atoms with E-state index in [1.807, 2.05) is 12.1 Å². The van der Waals surface area contributed by atoms with Crippen LogP contribution < -0.4 is 26.0 Å². The van der Waals surface area contributed by atoms with Gasteiger partial charge in [-0.1, -0.05) is 23.7 Å². The van der Waals surface area contributed by atoms with E-state index in [1.54, 1.807) is 12.1 Å². The fraction of sp³-hybridized carbons (Fsp3) is 0.321. The minimum absolute atomic E-state index is 0.0401. The number of benzene rings is 2. The molecule has 18 heteroatoms. The van der Waals surface area contributed by atoms with Crippen molar-refractivity contribution in [3.05, 3.63) is 64.7 Å². The van der Waals surface area contributed by atoms with E-state index in [2.05, 4.69) is 36.2 Å². The van der Waals surface area contributed by atoms with Crippen molar-refractivity contribution in [1.29, 1.82) is 0 Å². The first-order chi connectivity index (χ1) is 21.6. The summed E-state index contributed by atoms with van der Waals surface area (Å²) in [6.07, 6.45) is -3.23. The SMILES string of the molecule is CN(C)C(=O)C(=O)NCC(NC(=O)c1ccc(Nc2nc(NC3(c4ccc(Cl)cc4)CC3)nc(OCC(F)(F)F)n2)cc1)C(=O)O. The molecule has 1 fully saturated rings. The number of alkyl halides is 3. The summed E-state index contributed by atoms with van der Waals surface area (Å²) in [6.45, 7) is -2.18. The molecule has 2 aromatic carbocycles.